The Balaban J connectivity index is 0.000000340. The molecule has 2 aliphatic carbocycles. The van der Waals surface area contributed by atoms with Crippen molar-refractivity contribution < 1.29 is 33.8 Å². The fraction of sp³-hybridized carbons (Fsp3) is 0.846. The van der Waals surface area contributed by atoms with Crippen LogP contribution in [0.1, 0.15) is 106 Å². The summed E-state index contributed by atoms with van der Waals surface area (Å²) in [4.78, 5) is 45.3. The van der Waals surface area contributed by atoms with Crippen LogP contribution < -0.4 is 5.73 Å². The monoisotopic (exact) mass is 483 g/mol. The number of hydrogen-bond donors (Lipinski definition) is 2. The minimum Gasteiger partial charge on any atom is -0.481 e. The van der Waals surface area contributed by atoms with E-state index in [0.29, 0.717) is 19.3 Å². The first kappa shape index (κ1) is 29.9. The molecule has 2 fully saturated rings. The van der Waals surface area contributed by atoms with Gasteiger partial charge in [0.1, 0.15) is 11.2 Å². The molecular formula is C26H45NO7. The highest BCUT2D eigenvalue weighted by Gasteiger charge is 2.30. The third-order valence-electron chi connectivity index (χ3n) is 6.07. The van der Waals surface area contributed by atoms with Gasteiger partial charge in [0.25, 0.3) is 0 Å². The van der Waals surface area contributed by atoms with Gasteiger partial charge < -0.3 is 20.3 Å². The highest BCUT2D eigenvalue weighted by molar-refractivity contribution is 5.77. The van der Waals surface area contributed by atoms with Gasteiger partial charge in [-0.15, -0.1) is 0 Å². The first-order valence-electron chi connectivity index (χ1n) is 12.5. The smallest absolute Gasteiger partial charge is 0.306 e. The molecule has 0 unspecified atom stereocenters. The van der Waals surface area contributed by atoms with Crippen molar-refractivity contribution in [2.24, 2.45) is 29.4 Å². The second-order valence-electron chi connectivity index (χ2n) is 11.8. The van der Waals surface area contributed by atoms with Gasteiger partial charge in [0.2, 0.25) is 5.91 Å². The van der Waals surface area contributed by atoms with Crippen molar-refractivity contribution in [3.63, 3.8) is 0 Å². The second kappa shape index (κ2) is 13.1. The minimum absolute atomic E-state index is 0.0591. The van der Waals surface area contributed by atoms with E-state index in [1.54, 1.807) is 0 Å². The van der Waals surface area contributed by atoms with Crippen LogP contribution in [0.4, 0.5) is 0 Å². The van der Waals surface area contributed by atoms with Crippen molar-refractivity contribution in [2.75, 3.05) is 0 Å². The zero-order valence-corrected chi connectivity index (χ0v) is 21.9. The Hall–Kier alpha value is -2.12. The Morgan fingerprint density at radius 2 is 1.12 bits per heavy atom. The molecule has 4 atom stereocenters. The molecule has 0 heterocycles. The van der Waals surface area contributed by atoms with Gasteiger partial charge in [0.15, 0.2) is 0 Å². The molecule has 0 saturated heterocycles. The third kappa shape index (κ3) is 12.9. The lowest BCUT2D eigenvalue weighted by Gasteiger charge is -2.27. The van der Waals surface area contributed by atoms with Crippen molar-refractivity contribution in [2.45, 2.75) is 117 Å². The molecule has 34 heavy (non-hydrogen) atoms. The Kier molecular flexibility index (Phi) is 11.5. The summed E-state index contributed by atoms with van der Waals surface area (Å²) in [6.07, 6.45) is 7.48. The van der Waals surface area contributed by atoms with E-state index in [4.69, 9.17) is 20.3 Å². The van der Waals surface area contributed by atoms with Crippen LogP contribution >= 0.6 is 0 Å². The number of carboxylic acid groups (broad SMARTS) is 1. The number of carbonyl (C=O) groups is 4. The Morgan fingerprint density at radius 3 is 1.47 bits per heavy atom. The van der Waals surface area contributed by atoms with Crippen molar-refractivity contribution in [3.8, 4) is 0 Å². The number of rotatable bonds is 6. The van der Waals surface area contributed by atoms with Crippen LogP contribution in [0, 0.1) is 23.7 Å². The van der Waals surface area contributed by atoms with Crippen LogP contribution in [-0.2, 0) is 28.7 Å². The maximum Gasteiger partial charge on any atom is 0.306 e. The molecule has 0 bridgehead atoms. The standard InChI is InChI=1S/C13H23NO3.C13H22O4/c1-13(2,3)17-11(15)8-9-5-4-6-10(7-9)12(14)16;1-13(2,3)17-11(14)8-9-5-4-6-10(7-9)12(15)16/h9-10H,4-8H2,1-3H3,(H2,14,16);9-10H,4-8H2,1-3H3,(H,15,16)/t2*9-,10+/m11/s1. The van der Waals surface area contributed by atoms with E-state index in [1.165, 1.54) is 0 Å². The lowest BCUT2D eigenvalue weighted by atomic mass is 9.79. The van der Waals surface area contributed by atoms with Crippen LogP contribution in [0.25, 0.3) is 0 Å². The van der Waals surface area contributed by atoms with Gasteiger partial charge in [-0.2, -0.15) is 0 Å². The van der Waals surface area contributed by atoms with Crippen molar-refractivity contribution in [1.82, 2.24) is 0 Å². The SMILES string of the molecule is CC(C)(C)OC(=O)C[C@@H]1CCC[C@H](C(=O)O)C1.CC(C)(C)OC(=O)C[C@@H]1CCC[C@H](C(N)=O)C1. The molecule has 0 aromatic rings. The molecule has 2 saturated carbocycles. The predicted octanol–water partition coefficient (Wildman–Crippen LogP) is 4.62. The molecular weight excluding hydrogens is 438 g/mol. The molecule has 0 aromatic heterocycles. The van der Waals surface area contributed by atoms with E-state index in [2.05, 4.69) is 0 Å². The van der Waals surface area contributed by atoms with Gasteiger partial charge in [-0.3, -0.25) is 19.2 Å². The van der Waals surface area contributed by atoms with Crippen LogP contribution in [-0.4, -0.2) is 40.1 Å². The first-order valence-corrected chi connectivity index (χ1v) is 12.5. The maximum atomic E-state index is 11.7. The highest BCUT2D eigenvalue weighted by Crippen LogP contribution is 2.32. The minimum atomic E-state index is -0.737. The van der Waals surface area contributed by atoms with Crippen LogP contribution in [0.2, 0.25) is 0 Å². The number of carbonyl (C=O) groups excluding carboxylic acids is 3. The predicted molar refractivity (Wildman–Crippen MR) is 129 cm³/mol. The summed E-state index contributed by atoms with van der Waals surface area (Å²) in [5.41, 5.74) is 4.41. The van der Waals surface area contributed by atoms with Crippen LogP contribution in [0.15, 0.2) is 0 Å². The van der Waals surface area contributed by atoms with Gasteiger partial charge in [0, 0.05) is 18.8 Å². The Morgan fingerprint density at radius 1 is 0.735 bits per heavy atom. The molecule has 0 aliphatic heterocycles. The summed E-state index contributed by atoms with van der Waals surface area (Å²) >= 11 is 0. The summed E-state index contributed by atoms with van der Waals surface area (Å²) in [6, 6.07) is 0. The van der Waals surface area contributed by atoms with Crippen molar-refractivity contribution in [3.05, 3.63) is 0 Å². The number of nitrogens with two attached hydrogens (primary N) is 1. The molecule has 0 radical (unpaired) electrons. The van der Waals surface area contributed by atoms with Gasteiger partial charge >= 0.3 is 17.9 Å². The maximum absolute atomic E-state index is 11.7. The fourth-order valence-corrected chi connectivity index (χ4v) is 4.67. The van der Waals surface area contributed by atoms with E-state index in [9.17, 15) is 19.2 Å². The topological polar surface area (TPSA) is 133 Å². The summed E-state index contributed by atoms with van der Waals surface area (Å²) in [5, 5.41) is 8.96. The fourth-order valence-electron chi connectivity index (χ4n) is 4.67. The summed E-state index contributed by atoms with van der Waals surface area (Å²) in [6.45, 7) is 11.1. The average molecular weight is 484 g/mol. The number of amides is 1. The Bertz CT molecular complexity index is 645. The second-order valence-corrected chi connectivity index (χ2v) is 11.8. The molecule has 196 valence electrons. The average Bonchev–Trinajstić information content (AvgIpc) is 2.65. The quantitative estimate of drug-likeness (QED) is 0.527. The zero-order valence-electron chi connectivity index (χ0n) is 21.9. The van der Waals surface area contributed by atoms with Gasteiger partial charge in [-0.1, -0.05) is 12.8 Å². The van der Waals surface area contributed by atoms with E-state index in [1.807, 2.05) is 41.5 Å². The molecule has 3 N–H and O–H groups in total. The lowest BCUT2D eigenvalue weighted by molar-refractivity contribution is -0.157. The van der Waals surface area contributed by atoms with E-state index in [-0.39, 0.29) is 41.5 Å². The van der Waals surface area contributed by atoms with Gasteiger partial charge in [0.05, 0.1) is 5.92 Å². The molecule has 0 spiro atoms. The summed E-state index contributed by atoms with van der Waals surface area (Å²) in [5.74, 6) is -1.29. The number of carboxylic acids is 1. The molecule has 2 rings (SSSR count). The van der Waals surface area contributed by atoms with E-state index in [0.717, 1.165) is 44.9 Å². The highest BCUT2D eigenvalue weighted by atomic mass is 16.6. The van der Waals surface area contributed by atoms with E-state index >= 15 is 0 Å². The Labute approximate surface area is 204 Å². The van der Waals surface area contributed by atoms with E-state index < -0.39 is 17.2 Å². The van der Waals surface area contributed by atoms with Gasteiger partial charge in [-0.25, -0.2) is 0 Å². The van der Waals surface area contributed by atoms with Crippen LogP contribution in [0.3, 0.4) is 0 Å². The third-order valence-corrected chi connectivity index (χ3v) is 6.07. The number of aliphatic carboxylic acids is 1. The molecule has 0 aromatic carbocycles. The number of ether oxygens (including phenoxy) is 2. The van der Waals surface area contributed by atoms with Crippen LogP contribution in [0.5, 0.6) is 0 Å². The lowest BCUT2D eigenvalue weighted by Crippen LogP contribution is -2.31. The zero-order chi connectivity index (χ0) is 26.1. The van der Waals surface area contributed by atoms with Gasteiger partial charge in [-0.05, 0) is 91.9 Å². The number of hydrogen-bond acceptors (Lipinski definition) is 6. The molecule has 2 aliphatic rings. The van der Waals surface area contributed by atoms with Crippen molar-refractivity contribution >= 4 is 23.8 Å². The summed E-state index contributed by atoms with van der Waals surface area (Å²) in [7, 11) is 0. The first-order chi connectivity index (χ1) is 15.6. The largest absolute Gasteiger partial charge is 0.481 e. The molecule has 1 amide bonds. The molecule has 8 nitrogen and oxygen atoms in total. The van der Waals surface area contributed by atoms with Crippen molar-refractivity contribution in [1.29, 1.82) is 0 Å². The summed E-state index contributed by atoms with van der Waals surface area (Å²) < 4.78 is 10.5. The molecule has 8 heteroatoms. The number of primary amides is 1. The number of esters is 2. The normalized spacial score (nSPS) is 25.4.